The van der Waals surface area contributed by atoms with Gasteiger partial charge in [-0.2, -0.15) is 0 Å². The van der Waals surface area contributed by atoms with Crippen molar-refractivity contribution in [1.82, 2.24) is 5.32 Å². The Morgan fingerprint density at radius 1 is 0.839 bits per heavy atom. The molecule has 0 atom stereocenters. The van der Waals surface area contributed by atoms with E-state index in [1.165, 1.54) is 0 Å². The maximum absolute atomic E-state index is 12.7. The minimum Gasteiger partial charge on any atom is -0.494 e. The van der Waals surface area contributed by atoms with Crippen LogP contribution in [0.4, 0.5) is 0 Å². The van der Waals surface area contributed by atoms with E-state index < -0.39 is 0 Å². The van der Waals surface area contributed by atoms with E-state index in [0.717, 1.165) is 33.8 Å². The zero-order chi connectivity index (χ0) is 22.1. The molecule has 160 valence electrons. The van der Waals surface area contributed by atoms with Crippen LogP contribution >= 0.6 is 11.6 Å². The van der Waals surface area contributed by atoms with E-state index in [9.17, 15) is 4.79 Å². The van der Waals surface area contributed by atoms with Crippen molar-refractivity contribution in [3.8, 4) is 11.5 Å². The molecular formula is C26H26ClNO3. The highest BCUT2D eigenvalue weighted by atomic mass is 35.5. The summed E-state index contributed by atoms with van der Waals surface area (Å²) in [6.07, 6.45) is 1.61. The van der Waals surface area contributed by atoms with Gasteiger partial charge >= 0.3 is 0 Å². The average Bonchev–Trinajstić information content (AvgIpc) is 2.79. The van der Waals surface area contributed by atoms with Crippen molar-refractivity contribution in [2.24, 2.45) is 0 Å². The van der Waals surface area contributed by atoms with Gasteiger partial charge in [-0.15, -0.1) is 0 Å². The second kappa shape index (κ2) is 11.2. The van der Waals surface area contributed by atoms with Crippen LogP contribution in [0, 0.1) is 0 Å². The molecule has 0 aliphatic rings. The molecular weight excluding hydrogens is 410 g/mol. The number of carbonyl (C=O) groups is 1. The Morgan fingerprint density at radius 3 is 1.84 bits per heavy atom. The van der Waals surface area contributed by atoms with Crippen LogP contribution in [0.1, 0.15) is 30.5 Å². The minimum absolute atomic E-state index is 0.197. The van der Waals surface area contributed by atoms with Crippen LogP contribution < -0.4 is 14.8 Å². The lowest BCUT2D eigenvalue weighted by Gasteiger charge is -2.12. The summed E-state index contributed by atoms with van der Waals surface area (Å²) in [7, 11) is 0. The highest BCUT2D eigenvalue weighted by Crippen LogP contribution is 2.27. The summed E-state index contributed by atoms with van der Waals surface area (Å²) in [6.45, 7) is 5.45. The quantitative estimate of drug-likeness (QED) is 0.426. The molecule has 0 heterocycles. The molecule has 5 heteroatoms. The van der Waals surface area contributed by atoms with Gasteiger partial charge in [-0.25, -0.2) is 0 Å². The Hall–Kier alpha value is -3.24. The Bertz CT molecular complexity index is 976. The van der Waals surface area contributed by atoms with Gasteiger partial charge in [0.1, 0.15) is 11.5 Å². The average molecular weight is 436 g/mol. The number of benzene rings is 3. The van der Waals surface area contributed by atoms with Gasteiger partial charge in [-0.1, -0.05) is 54.1 Å². The summed E-state index contributed by atoms with van der Waals surface area (Å²) in [5, 5.41) is 3.55. The molecule has 0 saturated carbocycles. The Balaban J connectivity index is 1.86. The normalized spacial score (nSPS) is 10.3. The third kappa shape index (κ3) is 6.37. The number of hydrogen-bond donors (Lipinski definition) is 1. The van der Waals surface area contributed by atoms with Gasteiger partial charge in [0.2, 0.25) is 5.91 Å². The molecule has 0 spiro atoms. The van der Waals surface area contributed by atoms with Crippen molar-refractivity contribution in [2.75, 3.05) is 13.2 Å². The zero-order valence-electron chi connectivity index (χ0n) is 17.7. The van der Waals surface area contributed by atoms with Crippen LogP contribution in [-0.4, -0.2) is 19.1 Å². The van der Waals surface area contributed by atoms with E-state index in [-0.39, 0.29) is 5.91 Å². The number of halogens is 1. The summed E-state index contributed by atoms with van der Waals surface area (Å²) < 4.78 is 11.1. The predicted molar refractivity (Wildman–Crippen MR) is 126 cm³/mol. The standard InChI is InChI=1S/C26H26ClNO3/c1-3-30-22-13-9-19(10-14-22)24(20-11-15-23(16-12-20)31-4-2)17-26(29)28-18-21-7-5-6-8-25(21)27/h5-17H,3-4,18H2,1-2H3,(H,28,29). The van der Waals surface area contributed by atoms with E-state index in [0.29, 0.717) is 24.8 Å². The fraction of sp³-hybridized carbons (Fsp3) is 0.192. The fourth-order valence-electron chi connectivity index (χ4n) is 3.13. The van der Waals surface area contributed by atoms with Gasteiger partial charge in [0.05, 0.1) is 13.2 Å². The van der Waals surface area contributed by atoms with Crippen LogP contribution in [-0.2, 0) is 11.3 Å². The Kier molecular flexibility index (Phi) is 8.13. The number of nitrogens with one attached hydrogen (secondary N) is 1. The molecule has 0 aromatic heterocycles. The van der Waals surface area contributed by atoms with E-state index in [2.05, 4.69) is 5.32 Å². The van der Waals surface area contributed by atoms with Gasteiger partial charge in [0, 0.05) is 17.6 Å². The molecule has 0 bridgehead atoms. The van der Waals surface area contributed by atoms with E-state index in [1.54, 1.807) is 6.08 Å². The number of carbonyl (C=O) groups excluding carboxylic acids is 1. The molecule has 0 aliphatic heterocycles. The van der Waals surface area contributed by atoms with Crippen LogP contribution in [0.5, 0.6) is 11.5 Å². The van der Waals surface area contributed by atoms with Crippen molar-refractivity contribution < 1.29 is 14.3 Å². The van der Waals surface area contributed by atoms with Gasteiger partial charge in [0.15, 0.2) is 0 Å². The van der Waals surface area contributed by atoms with Crippen molar-refractivity contribution >= 4 is 23.1 Å². The molecule has 1 amide bonds. The van der Waals surface area contributed by atoms with Crippen molar-refractivity contribution in [2.45, 2.75) is 20.4 Å². The number of hydrogen-bond acceptors (Lipinski definition) is 3. The van der Waals surface area contributed by atoms with Gasteiger partial charge in [-0.05, 0) is 66.4 Å². The molecule has 0 saturated heterocycles. The first-order valence-corrected chi connectivity index (χ1v) is 10.7. The first kappa shape index (κ1) is 22.4. The predicted octanol–water partition coefficient (Wildman–Crippen LogP) is 5.89. The SMILES string of the molecule is CCOc1ccc(C(=CC(=O)NCc2ccccc2Cl)c2ccc(OCC)cc2)cc1. The van der Waals surface area contributed by atoms with Crippen LogP contribution in [0.15, 0.2) is 78.9 Å². The van der Waals surface area contributed by atoms with Crippen LogP contribution in [0.3, 0.4) is 0 Å². The molecule has 3 rings (SSSR count). The highest BCUT2D eigenvalue weighted by Gasteiger charge is 2.10. The maximum Gasteiger partial charge on any atom is 0.244 e. The lowest BCUT2D eigenvalue weighted by molar-refractivity contribution is -0.116. The number of amides is 1. The first-order valence-electron chi connectivity index (χ1n) is 10.3. The summed E-state index contributed by atoms with van der Waals surface area (Å²) in [4.78, 5) is 12.7. The van der Waals surface area contributed by atoms with E-state index in [4.69, 9.17) is 21.1 Å². The summed E-state index contributed by atoms with van der Waals surface area (Å²) >= 11 is 6.20. The maximum atomic E-state index is 12.7. The molecule has 3 aromatic carbocycles. The molecule has 0 aliphatic carbocycles. The summed E-state index contributed by atoms with van der Waals surface area (Å²) in [6, 6.07) is 22.9. The smallest absolute Gasteiger partial charge is 0.244 e. The zero-order valence-corrected chi connectivity index (χ0v) is 18.5. The van der Waals surface area contributed by atoms with Crippen molar-refractivity contribution in [3.63, 3.8) is 0 Å². The monoisotopic (exact) mass is 435 g/mol. The molecule has 0 radical (unpaired) electrons. The van der Waals surface area contributed by atoms with E-state index in [1.807, 2.05) is 86.6 Å². The van der Waals surface area contributed by atoms with Crippen molar-refractivity contribution in [3.05, 3.63) is 101 Å². The second-order valence-electron chi connectivity index (χ2n) is 6.78. The van der Waals surface area contributed by atoms with Crippen LogP contribution in [0.2, 0.25) is 5.02 Å². The third-order valence-electron chi connectivity index (χ3n) is 4.64. The molecule has 0 fully saturated rings. The molecule has 3 aromatic rings. The summed E-state index contributed by atoms with van der Waals surface area (Å²) in [5.74, 6) is 1.39. The van der Waals surface area contributed by atoms with E-state index >= 15 is 0 Å². The Morgan fingerprint density at radius 2 is 1.35 bits per heavy atom. The number of ether oxygens (including phenoxy) is 2. The van der Waals surface area contributed by atoms with Crippen LogP contribution in [0.25, 0.3) is 5.57 Å². The van der Waals surface area contributed by atoms with Gasteiger partial charge in [0.25, 0.3) is 0 Å². The Labute approximate surface area is 188 Å². The minimum atomic E-state index is -0.197. The topological polar surface area (TPSA) is 47.6 Å². The van der Waals surface area contributed by atoms with Crippen molar-refractivity contribution in [1.29, 1.82) is 0 Å². The largest absolute Gasteiger partial charge is 0.494 e. The second-order valence-corrected chi connectivity index (χ2v) is 7.19. The highest BCUT2D eigenvalue weighted by molar-refractivity contribution is 6.31. The lowest BCUT2D eigenvalue weighted by atomic mass is 9.97. The molecule has 1 N–H and O–H groups in total. The molecule has 31 heavy (non-hydrogen) atoms. The molecule has 0 unspecified atom stereocenters. The lowest BCUT2D eigenvalue weighted by Crippen LogP contribution is -2.21. The molecule has 4 nitrogen and oxygen atoms in total. The first-order chi connectivity index (χ1) is 15.1. The number of rotatable bonds is 9. The fourth-order valence-corrected chi connectivity index (χ4v) is 3.34. The third-order valence-corrected chi connectivity index (χ3v) is 5.01. The summed E-state index contributed by atoms with van der Waals surface area (Å²) in [5.41, 5.74) is 3.51. The van der Waals surface area contributed by atoms with Gasteiger partial charge < -0.3 is 14.8 Å². The van der Waals surface area contributed by atoms with Gasteiger partial charge in [-0.3, -0.25) is 4.79 Å².